The van der Waals surface area contributed by atoms with Crippen molar-refractivity contribution in [3.05, 3.63) is 0 Å². The molecule has 0 atom stereocenters. The minimum Gasteiger partial charge on any atom is -0.432 e. The lowest BCUT2D eigenvalue weighted by Gasteiger charge is -2.16. The summed E-state index contributed by atoms with van der Waals surface area (Å²) in [6.45, 7) is 8.07. The third-order valence-corrected chi connectivity index (χ3v) is 1.19. The normalized spacial score (nSPS) is 12.5. The molecule has 2 N–H and O–H groups in total. The van der Waals surface area contributed by atoms with Crippen LogP contribution in [0, 0.1) is 5.41 Å². The zero-order valence-corrected chi connectivity index (χ0v) is 9.16. The van der Waals surface area contributed by atoms with E-state index in [-0.39, 0.29) is 12.0 Å². The van der Waals surface area contributed by atoms with E-state index < -0.39 is 6.16 Å². The van der Waals surface area contributed by atoms with E-state index in [0.717, 1.165) is 0 Å². The molecular formula is C9H18N2O3. The summed E-state index contributed by atoms with van der Waals surface area (Å²) in [5, 5.41) is 3.46. The second kappa shape index (κ2) is 5.59. The highest BCUT2D eigenvalue weighted by molar-refractivity contribution is 5.83. The van der Waals surface area contributed by atoms with Gasteiger partial charge in [-0.1, -0.05) is 25.9 Å². The van der Waals surface area contributed by atoms with E-state index in [0.29, 0.717) is 12.3 Å². The van der Waals surface area contributed by atoms with E-state index in [1.807, 2.05) is 20.8 Å². The first-order valence-electron chi connectivity index (χ1n) is 4.42. The minimum atomic E-state index is -0.798. The van der Waals surface area contributed by atoms with Gasteiger partial charge in [-0.2, -0.15) is 0 Å². The Bertz CT molecular complexity index is 219. The number of hydrogen-bond donors (Lipinski definition) is 1. The Hall–Kier alpha value is -1.10. The molecule has 0 spiro atoms. The quantitative estimate of drug-likeness (QED) is 0.326. The van der Waals surface area contributed by atoms with Crippen molar-refractivity contribution in [3.8, 4) is 0 Å². The number of oxime groups is 1. The molecule has 5 nitrogen and oxygen atoms in total. The molecule has 0 aromatic carbocycles. The molecule has 5 heteroatoms. The van der Waals surface area contributed by atoms with Crippen LogP contribution in [0.2, 0.25) is 0 Å². The average Bonchev–Trinajstić information content (AvgIpc) is 2.09. The van der Waals surface area contributed by atoms with Crippen molar-refractivity contribution in [2.24, 2.45) is 16.3 Å². The fourth-order valence-electron chi connectivity index (χ4n) is 0.454. The van der Waals surface area contributed by atoms with Crippen molar-refractivity contribution >= 4 is 11.9 Å². The maximum Gasteiger partial charge on any atom is 0.535 e. The topological polar surface area (TPSA) is 73.9 Å². The summed E-state index contributed by atoms with van der Waals surface area (Å²) in [6.07, 6.45) is -0.798. The molecule has 0 rings (SSSR count). The lowest BCUT2D eigenvalue weighted by molar-refractivity contribution is 0.0347. The summed E-state index contributed by atoms with van der Waals surface area (Å²) in [4.78, 5) is 15.4. The molecule has 0 aromatic heterocycles. The molecule has 0 unspecified atom stereocenters. The molecule has 0 fully saturated rings. The first-order valence-corrected chi connectivity index (χ1v) is 4.42. The van der Waals surface area contributed by atoms with Crippen LogP contribution in [0.3, 0.4) is 0 Å². The molecule has 0 amide bonds. The maximum absolute atomic E-state index is 10.9. The van der Waals surface area contributed by atoms with Crippen molar-refractivity contribution in [1.29, 1.82) is 0 Å². The van der Waals surface area contributed by atoms with E-state index in [9.17, 15) is 4.79 Å². The molecule has 0 aliphatic carbocycles. The van der Waals surface area contributed by atoms with Crippen LogP contribution in [0.25, 0.3) is 0 Å². The van der Waals surface area contributed by atoms with Gasteiger partial charge in [-0.3, -0.25) is 4.84 Å². The number of rotatable bonds is 3. The van der Waals surface area contributed by atoms with E-state index in [1.165, 1.54) is 0 Å². The monoisotopic (exact) mass is 202 g/mol. The van der Waals surface area contributed by atoms with Crippen molar-refractivity contribution < 1.29 is 14.4 Å². The van der Waals surface area contributed by atoms with Crippen LogP contribution in [0.15, 0.2) is 5.16 Å². The summed E-state index contributed by atoms with van der Waals surface area (Å²) < 4.78 is 4.79. The Morgan fingerprint density at radius 1 is 1.43 bits per heavy atom. The molecule has 0 aliphatic heterocycles. The lowest BCUT2D eigenvalue weighted by Crippen LogP contribution is -2.18. The van der Waals surface area contributed by atoms with Gasteiger partial charge in [-0.15, -0.1) is 0 Å². The third-order valence-electron chi connectivity index (χ3n) is 1.19. The summed E-state index contributed by atoms with van der Waals surface area (Å²) >= 11 is 0. The zero-order chi connectivity index (χ0) is 11.2. The van der Waals surface area contributed by atoms with Gasteiger partial charge in [0.05, 0.1) is 12.3 Å². The molecule has 0 bridgehead atoms. The minimum absolute atomic E-state index is 0.0777. The maximum atomic E-state index is 10.9. The Morgan fingerprint density at radius 2 is 2.00 bits per heavy atom. The Labute approximate surface area is 84.2 Å². The van der Waals surface area contributed by atoms with Crippen molar-refractivity contribution in [2.45, 2.75) is 27.7 Å². The number of nitrogens with zero attached hydrogens (tertiary/aromatic N) is 1. The van der Waals surface area contributed by atoms with Gasteiger partial charge in [0.2, 0.25) is 0 Å². The lowest BCUT2D eigenvalue weighted by atomic mass is 9.99. The molecule has 0 saturated carbocycles. The molecule has 82 valence electrons. The fraction of sp³-hybridized carbons (Fsp3) is 0.778. The van der Waals surface area contributed by atoms with E-state index >= 15 is 0 Å². The Morgan fingerprint density at radius 3 is 2.43 bits per heavy atom. The number of nitrogens with two attached hydrogens (primary N) is 1. The van der Waals surface area contributed by atoms with Crippen LogP contribution in [-0.2, 0) is 9.57 Å². The Kier molecular flexibility index (Phi) is 5.15. The highest BCUT2D eigenvalue weighted by Gasteiger charge is 2.14. The van der Waals surface area contributed by atoms with E-state index in [2.05, 4.69) is 9.99 Å². The number of carbonyl (C=O) groups excluding carboxylic acids is 1. The van der Waals surface area contributed by atoms with Gasteiger partial charge in [0.25, 0.3) is 0 Å². The molecule has 0 heterocycles. The van der Waals surface area contributed by atoms with Crippen LogP contribution in [-0.4, -0.2) is 25.0 Å². The van der Waals surface area contributed by atoms with Crippen LogP contribution in [0.1, 0.15) is 27.7 Å². The third kappa shape index (κ3) is 7.54. The highest BCUT2D eigenvalue weighted by atomic mass is 16.8. The van der Waals surface area contributed by atoms with Crippen molar-refractivity contribution in [2.75, 3.05) is 13.2 Å². The largest absolute Gasteiger partial charge is 0.535 e. The molecule has 0 saturated heterocycles. The second-order valence-corrected chi connectivity index (χ2v) is 4.22. The molecular weight excluding hydrogens is 184 g/mol. The van der Waals surface area contributed by atoms with Crippen LogP contribution in [0.5, 0.6) is 0 Å². The summed E-state index contributed by atoms with van der Waals surface area (Å²) in [5.41, 5.74) is 5.70. The SMILES string of the molecule is CC(CN)=NOC(=O)OCC(C)(C)C. The molecule has 0 radical (unpaired) electrons. The second-order valence-electron chi connectivity index (χ2n) is 4.22. The highest BCUT2D eigenvalue weighted by Crippen LogP contribution is 2.13. The van der Waals surface area contributed by atoms with Gasteiger partial charge < -0.3 is 10.5 Å². The van der Waals surface area contributed by atoms with Crippen LogP contribution >= 0.6 is 0 Å². The number of hydrogen-bond acceptors (Lipinski definition) is 5. The van der Waals surface area contributed by atoms with Gasteiger partial charge in [0, 0.05) is 6.54 Å². The molecule has 0 aromatic rings. The van der Waals surface area contributed by atoms with Gasteiger partial charge in [0.15, 0.2) is 0 Å². The molecule has 0 aliphatic rings. The van der Waals surface area contributed by atoms with Crippen molar-refractivity contribution in [3.63, 3.8) is 0 Å². The standard InChI is InChI=1S/C9H18N2O3/c1-7(5-10)11-14-8(12)13-6-9(2,3)4/h5-6,10H2,1-4H3. The predicted molar refractivity (Wildman–Crippen MR) is 54.1 cm³/mol. The summed E-state index contributed by atoms with van der Waals surface area (Å²) in [5.74, 6) is 0. The number of carbonyl (C=O) groups is 1. The van der Waals surface area contributed by atoms with Gasteiger partial charge in [-0.05, 0) is 12.3 Å². The number of ether oxygens (including phenoxy) is 1. The van der Waals surface area contributed by atoms with Gasteiger partial charge >= 0.3 is 6.16 Å². The van der Waals surface area contributed by atoms with Crippen LogP contribution < -0.4 is 5.73 Å². The predicted octanol–water partition coefficient (Wildman–Crippen LogP) is 1.52. The van der Waals surface area contributed by atoms with Crippen molar-refractivity contribution in [1.82, 2.24) is 0 Å². The Balaban J connectivity index is 3.78. The smallest absolute Gasteiger partial charge is 0.432 e. The first kappa shape index (κ1) is 12.9. The fourth-order valence-corrected chi connectivity index (χ4v) is 0.454. The molecule has 14 heavy (non-hydrogen) atoms. The zero-order valence-electron chi connectivity index (χ0n) is 9.16. The van der Waals surface area contributed by atoms with Gasteiger partial charge in [0.1, 0.15) is 0 Å². The van der Waals surface area contributed by atoms with E-state index in [4.69, 9.17) is 10.5 Å². The van der Waals surface area contributed by atoms with Crippen LogP contribution in [0.4, 0.5) is 4.79 Å². The van der Waals surface area contributed by atoms with Gasteiger partial charge in [-0.25, -0.2) is 4.79 Å². The average molecular weight is 202 g/mol. The summed E-state index contributed by atoms with van der Waals surface area (Å²) in [7, 11) is 0. The van der Waals surface area contributed by atoms with E-state index in [1.54, 1.807) is 6.92 Å². The first-order chi connectivity index (χ1) is 6.35. The summed E-state index contributed by atoms with van der Waals surface area (Å²) in [6, 6.07) is 0.